The van der Waals surface area contributed by atoms with Gasteiger partial charge in [0, 0.05) is 96.9 Å². The first-order valence-electron chi connectivity index (χ1n) is 31.6. The summed E-state index contributed by atoms with van der Waals surface area (Å²) in [5.74, 6) is -26.5. The molecule has 0 bridgehead atoms. The van der Waals surface area contributed by atoms with Crippen molar-refractivity contribution in [3.05, 3.63) is 0 Å². The maximum absolute atomic E-state index is 15.3. The Morgan fingerprint density at radius 2 is 0.962 bits per heavy atom. The summed E-state index contributed by atoms with van der Waals surface area (Å²) in [4.78, 5) is 214. The number of hydrogen-bond donors (Lipinski definition) is 3. The van der Waals surface area contributed by atoms with Crippen LogP contribution >= 0.6 is 34.8 Å². The van der Waals surface area contributed by atoms with Crippen LogP contribution in [0.4, 0.5) is 0 Å². The zero-order valence-electron chi connectivity index (χ0n) is 58.9. The van der Waals surface area contributed by atoms with Crippen molar-refractivity contribution < 1.29 is 181 Å². The Morgan fingerprint density at radius 3 is 1.43 bits per heavy atom. The van der Waals surface area contributed by atoms with Gasteiger partial charge in [0.05, 0.1) is 32.0 Å². The van der Waals surface area contributed by atoms with Gasteiger partial charge < -0.3 is 115 Å². The van der Waals surface area contributed by atoms with E-state index in [0.29, 0.717) is 0 Å². The molecule has 44 heteroatoms. The van der Waals surface area contributed by atoms with Gasteiger partial charge in [-0.3, -0.25) is 72.5 Å². The highest BCUT2D eigenvalue weighted by atomic mass is 35.6. The standard InChI is InChI=1S/C61H80Cl3N3O38/c1-22(68)66-42-37(90-28(7)74)17-60(104-48(42)44(92-30(9)76)38(91-29(8)75)18-85-24(3)70)58(83)88-21-41(102-60)47(94-32(11)78)49-43(67-23(2)69)36(89-27(6)73)16-59(103-49,57(82)84-15)105-51-46(93-31(10)77)40(20-87-26(5)72)98-54(53(51)97-35(14)81)100-45-39(19-86-25(4)71)99-55(101-56(65)61(62,63)64)52(96-34(13)80)50(45)95-33(12)79/h36-55,65H,16-21H2,1-15H3,(H,66,68)(H,67,69)/t36-,37-,38+,39+,40+,41+,42+,43+,44+,45+,46-,47+,48+,49+,50-,51-,52+,53+,54-,55+,59-,60+/m0/s1. The van der Waals surface area contributed by atoms with Crippen molar-refractivity contribution in [1.82, 2.24) is 10.6 Å². The average Bonchev–Trinajstić information content (AvgIpc) is 0.738. The fourth-order valence-electron chi connectivity index (χ4n) is 11.8. The lowest BCUT2D eigenvalue weighted by molar-refractivity contribution is -0.389. The summed E-state index contributed by atoms with van der Waals surface area (Å²) in [6, 6.07) is -3.71. The number of carbonyl (C=O) groups is 16. The largest absolute Gasteiger partial charge is 0.465 e. The highest BCUT2D eigenvalue weighted by Crippen LogP contribution is 2.46. The molecule has 0 aliphatic carbocycles. The van der Waals surface area contributed by atoms with Crippen LogP contribution in [-0.2, 0) is 181 Å². The molecular weight excluding hydrogens is 1490 g/mol. The highest BCUT2D eigenvalue weighted by molar-refractivity contribution is 6.76. The van der Waals surface area contributed by atoms with Crippen LogP contribution in [0.5, 0.6) is 0 Å². The fourth-order valence-corrected chi connectivity index (χ4v) is 11.9. The number of cyclic esters (lactones) is 1. The van der Waals surface area contributed by atoms with Crippen LogP contribution in [0.3, 0.4) is 0 Å². The molecule has 0 aromatic heterocycles. The number of esters is 14. The summed E-state index contributed by atoms with van der Waals surface area (Å²) in [5, 5.41) is 13.3. The maximum atomic E-state index is 15.3. The Hall–Kier alpha value is -8.42. The summed E-state index contributed by atoms with van der Waals surface area (Å²) in [6.07, 6.45) is -41.2. The van der Waals surface area contributed by atoms with E-state index in [0.717, 1.165) is 104 Å². The lowest BCUT2D eigenvalue weighted by Crippen LogP contribution is -2.74. The van der Waals surface area contributed by atoms with Gasteiger partial charge in [-0.15, -0.1) is 0 Å². The minimum Gasteiger partial charge on any atom is -0.465 e. The predicted octanol–water partition coefficient (Wildman–Crippen LogP) is -1.26. The van der Waals surface area contributed by atoms with Gasteiger partial charge in [-0.1, -0.05) is 34.8 Å². The van der Waals surface area contributed by atoms with Gasteiger partial charge in [0.1, 0.15) is 81.4 Å². The molecule has 0 aromatic rings. The average molecular weight is 1570 g/mol. The van der Waals surface area contributed by atoms with Crippen LogP contribution in [0.25, 0.3) is 0 Å². The van der Waals surface area contributed by atoms with E-state index in [1.165, 1.54) is 0 Å². The molecule has 0 radical (unpaired) electrons. The smallest absolute Gasteiger partial charge is 0.367 e. The van der Waals surface area contributed by atoms with Crippen LogP contribution in [0, 0.1) is 5.41 Å². The molecule has 105 heavy (non-hydrogen) atoms. The Labute approximate surface area is 611 Å². The SMILES string of the molecule is COC(=O)[C@@]1(O[C@H]2[C@@H](OC(C)=O)[C@@H](COC(C)=O)O[C@@H](O[C@H]3[C@H](OC(C)=O)[C@@H](OC(C)=O)[C@@H](OC(=N)C(Cl)(Cl)Cl)O[C@@H]3COC(C)=O)[C@@H]2OC(C)=O)C[C@H](OC(C)=O)[C@@H](NC(C)=O)[C@H]([C@H](OC(C)=O)[C@H]2COC(=O)[C@]3(C[C@H](OC(C)=O)[C@@H](NC(C)=O)[C@H]([C@H](OC(C)=O)[C@@H](COC(C)=O)OC(C)=O)O3)O2)O1. The van der Waals surface area contributed by atoms with Crippen molar-refractivity contribution in [2.24, 2.45) is 0 Å². The minimum absolute atomic E-state index is 0.745. The maximum Gasteiger partial charge on any atom is 0.367 e. The third-order valence-corrected chi connectivity index (χ3v) is 15.7. The second kappa shape index (κ2) is 37.7. The zero-order chi connectivity index (χ0) is 79.1. The quantitative estimate of drug-likeness (QED) is 0.0284. The molecule has 22 atom stereocenters. The normalized spacial score (nSPS) is 30.8. The summed E-state index contributed by atoms with van der Waals surface area (Å²) in [5.41, 5.74) is 0. The van der Waals surface area contributed by atoms with E-state index in [2.05, 4.69) is 10.6 Å². The molecule has 5 heterocycles. The molecule has 5 saturated heterocycles. The molecule has 5 aliphatic rings. The number of methoxy groups -OCH3 is 1. The molecule has 2 amide bonds. The molecular formula is C61H80Cl3N3O38. The van der Waals surface area contributed by atoms with Gasteiger partial charge in [-0.2, -0.15) is 0 Å². The Morgan fingerprint density at radius 1 is 0.505 bits per heavy atom. The Balaban J connectivity index is 1.85. The first-order valence-corrected chi connectivity index (χ1v) is 32.7. The van der Waals surface area contributed by atoms with Gasteiger partial charge in [0.15, 0.2) is 42.9 Å². The summed E-state index contributed by atoms with van der Waals surface area (Å²) >= 11 is 17.8. The van der Waals surface area contributed by atoms with E-state index in [1.807, 2.05) is 0 Å². The van der Waals surface area contributed by atoms with Crippen LogP contribution < -0.4 is 10.6 Å². The second-order valence-corrected chi connectivity index (χ2v) is 26.1. The molecule has 0 aromatic carbocycles. The molecule has 5 fully saturated rings. The monoisotopic (exact) mass is 1570 g/mol. The number of rotatable bonds is 27. The lowest BCUT2D eigenvalue weighted by Gasteiger charge is -2.54. The predicted molar refractivity (Wildman–Crippen MR) is 334 cm³/mol. The number of ether oxygens (including phenoxy) is 22. The zero-order valence-corrected chi connectivity index (χ0v) is 61.2. The van der Waals surface area contributed by atoms with Crippen LogP contribution in [0.1, 0.15) is 110 Å². The molecule has 41 nitrogen and oxygen atoms in total. The van der Waals surface area contributed by atoms with Gasteiger partial charge in [-0.05, 0) is 0 Å². The molecule has 0 unspecified atom stereocenters. The van der Waals surface area contributed by atoms with Crippen molar-refractivity contribution in [3.63, 3.8) is 0 Å². The van der Waals surface area contributed by atoms with Crippen molar-refractivity contribution in [2.75, 3.05) is 33.5 Å². The van der Waals surface area contributed by atoms with Gasteiger partial charge >= 0.3 is 83.6 Å². The highest BCUT2D eigenvalue weighted by Gasteiger charge is 2.67. The first kappa shape index (κ1) is 87.2. The second-order valence-electron chi connectivity index (χ2n) is 23.8. The Kier molecular flexibility index (Phi) is 31.3. The van der Waals surface area contributed by atoms with E-state index < -0.39 is 278 Å². The molecule has 588 valence electrons. The fraction of sp³-hybridized carbons (Fsp3) is 0.721. The molecule has 5 aliphatic heterocycles. The van der Waals surface area contributed by atoms with Crippen molar-refractivity contribution in [3.8, 4) is 0 Å². The van der Waals surface area contributed by atoms with Crippen molar-refractivity contribution in [2.45, 2.75) is 247 Å². The number of amides is 2. The molecule has 5 rings (SSSR count). The number of hydrogen-bond acceptors (Lipinski definition) is 39. The number of halogens is 3. The molecule has 1 spiro atoms. The minimum atomic E-state index is -3.40. The summed E-state index contributed by atoms with van der Waals surface area (Å²) in [6.45, 7) is 8.42. The molecule has 0 saturated carbocycles. The van der Waals surface area contributed by atoms with Crippen molar-refractivity contribution >= 4 is 136 Å². The number of nitrogens with one attached hydrogen (secondary N) is 3. The lowest BCUT2D eigenvalue weighted by atomic mass is 9.86. The van der Waals surface area contributed by atoms with E-state index in [-0.39, 0.29) is 0 Å². The van der Waals surface area contributed by atoms with Crippen LogP contribution in [-0.4, -0.2) is 273 Å². The van der Waals surface area contributed by atoms with Gasteiger partial charge in [0.25, 0.3) is 15.4 Å². The molecule has 3 N–H and O–H groups in total. The third-order valence-electron chi connectivity index (χ3n) is 15.2. The van der Waals surface area contributed by atoms with Gasteiger partial charge in [0.2, 0.25) is 30.1 Å². The number of alkyl halides is 3. The van der Waals surface area contributed by atoms with E-state index in [1.54, 1.807) is 0 Å². The van der Waals surface area contributed by atoms with E-state index in [9.17, 15) is 71.9 Å². The van der Waals surface area contributed by atoms with Gasteiger partial charge in [-0.25, -0.2) is 9.59 Å². The topological polar surface area (TPSA) is 524 Å². The third kappa shape index (κ3) is 24.3. The van der Waals surface area contributed by atoms with Crippen molar-refractivity contribution in [1.29, 1.82) is 5.41 Å². The Bertz CT molecular complexity index is 3300. The summed E-state index contributed by atoms with van der Waals surface area (Å²) < 4.78 is 126. The first-order chi connectivity index (χ1) is 48.8. The van der Waals surface area contributed by atoms with E-state index in [4.69, 9.17) is 144 Å². The van der Waals surface area contributed by atoms with Crippen LogP contribution in [0.2, 0.25) is 0 Å². The summed E-state index contributed by atoms with van der Waals surface area (Å²) in [7, 11) is 0.745. The number of carbonyl (C=O) groups excluding carboxylic acids is 16. The van der Waals surface area contributed by atoms with Crippen LogP contribution in [0.15, 0.2) is 0 Å². The van der Waals surface area contributed by atoms with E-state index >= 15 is 4.79 Å².